The van der Waals surface area contributed by atoms with Crippen LogP contribution in [0.15, 0.2) is 52.8 Å². The van der Waals surface area contributed by atoms with E-state index in [1.165, 1.54) is 5.56 Å². The van der Waals surface area contributed by atoms with E-state index in [9.17, 15) is 4.79 Å². The molecule has 156 valence electrons. The van der Waals surface area contributed by atoms with E-state index in [-0.39, 0.29) is 12.5 Å². The lowest BCUT2D eigenvalue weighted by molar-refractivity contribution is -0.118. The van der Waals surface area contributed by atoms with Crippen molar-refractivity contribution in [3.8, 4) is 17.0 Å². The van der Waals surface area contributed by atoms with Gasteiger partial charge in [0.25, 0.3) is 5.91 Å². The van der Waals surface area contributed by atoms with Gasteiger partial charge < -0.3 is 14.6 Å². The molecule has 0 aliphatic carbocycles. The van der Waals surface area contributed by atoms with Gasteiger partial charge in [-0.15, -0.1) is 11.3 Å². The zero-order chi connectivity index (χ0) is 21.1. The molecule has 0 fully saturated rings. The highest BCUT2D eigenvalue weighted by atomic mass is 32.1. The number of para-hydroxylation sites is 1. The summed E-state index contributed by atoms with van der Waals surface area (Å²) >= 11 is 1.65. The standard InChI is InChI=1S/C24H27N3O2S/c1-4-5-12-27-21(17-10-11-22-20(13-17)25-23(28)14-29-22)15-30-24(27)26-19-9-7-6-8-18(19)16(2)3/h6-11,13,15-16H,4-5,12,14H2,1-3H3,(H,25,28). The van der Waals surface area contributed by atoms with E-state index in [0.717, 1.165) is 46.8 Å². The minimum absolute atomic E-state index is 0.0690. The predicted octanol–water partition coefficient (Wildman–Crippen LogP) is 5.70. The summed E-state index contributed by atoms with van der Waals surface area (Å²) in [6, 6.07) is 14.3. The maximum Gasteiger partial charge on any atom is 0.262 e. The van der Waals surface area contributed by atoms with Crippen LogP contribution in [0.1, 0.15) is 45.1 Å². The normalized spacial score (nSPS) is 13.9. The van der Waals surface area contributed by atoms with Crippen molar-refractivity contribution < 1.29 is 9.53 Å². The number of ether oxygens (including phenoxy) is 1. The number of unbranched alkanes of at least 4 members (excludes halogenated alkanes) is 1. The van der Waals surface area contributed by atoms with Crippen LogP contribution < -0.4 is 14.9 Å². The van der Waals surface area contributed by atoms with E-state index in [1.807, 2.05) is 24.3 Å². The van der Waals surface area contributed by atoms with E-state index in [2.05, 4.69) is 54.2 Å². The number of fused-ring (bicyclic) bond motifs is 1. The number of carbonyl (C=O) groups is 1. The first-order valence-corrected chi connectivity index (χ1v) is 11.3. The van der Waals surface area contributed by atoms with Gasteiger partial charge in [0.2, 0.25) is 0 Å². The first-order valence-electron chi connectivity index (χ1n) is 10.5. The zero-order valence-electron chi connectivity index (χ0n) is 17.6. The van der Waals surface area contributed by atoms with Crippen molar-refractivity contribution >= 4 is 28.6 Å². The fraction of sp³-hybridized carbons (Fsp3) is 0.333. The largest absolute Gasteiger partial charge is 0.482 e. The molecular weight excluding hydrogens is 394 g/mol. The van der Waals surface area contributed by atoms with Gasteiger partial charge in [0.05, 0.1) is 17.1 Å². The smallest absolute Gasteiger partial charge is 0.262 e. The van der Waals surface area contributed by atoms with Crippen LogP contribution in [0.25, 0.3) is 11.3 Å². The van der Waals surface area contributed by atoms with Crippen molar-refractivity contribution in [2.75, 3.05) is 11.9 Å². The molecule has 5 nitrogen and oxygen atoms in total. The number of aromatic nitrogens is 1. The number of benzene rings is 2. The second kappa shape index (κ2) is 8.88. The average molecular weight is 422 g/mol. The summed E-state index contributed by atoms with van der Waals surface area (Å²) in [5.74, 6) is 1.01. The molecule has 2 heterocycles. The molecule has 4 rings (SSSR count). The molecule has 30 heavy (non-hydrogen) atoms. The highest BCUT2D eigenvalue weighted by Crippen LogP contribution is 2.33. The third-order valence-electron chi connectivity index (χ3n) is 5.22. The Morgan fingerprint density at radius 3 is 2.87 bits per heavy atom. The highest BCUT2D eigenvalue weighted by Gasteiger charge is 2.18. The molecule has 1 N–H and O–H groups in total. The second-order valence-electron chi connectivity index (χ2n) is 7.78. The maximum absolute atomic E-state index is 11.7. The molecule has 1 aromatic heterocycles. The van der Waals surface area contributed by atoms with E-state index < -0.39 is 0 Å². The number of anilines is 1. The molecule has 1 aliphatic heterocycles. The first-order chi connectivity index (χ1) is 14.6. The molecule has 0 unspecified atom stereocenters. The molecule has 0 radical (unpaired) electrons. The van der Waals surface area contributed by atoms with Gasteiger partial charge in [-0.05, 0) is 42.2 Å². The van der Waals surface area contributed by atoms with Crippen molar-refractivity contribution in [2.24, 2.45) is 4.99 Å². The molecule has 0 spiro atoms. The topological polar surface area (TPSA) is 55.6 Å². The minimum atomic E-state index is -0.121. The highest BCUT2D eigenvalue weighted by molar-refractivity contribution is 7.07. The molecule has 6 heteroatoms. The minimum Gasteiger partial charge on any atom is -0.482 e. The maximum atomic E-state index is 11.7. The van der Waals surface area contributed by atoms with Crippen molar-refractivity contribution in [1.82, 2.24) is 4.57 Å². The molecule has 1 aliphatic rings. The predicted molar refractivity (Wildman–Crippen MR) is 123 cm³/mol. The van der Waals surface area contributed by atoms with E-state index >= 15 is 0 Å². The van der Waals surface area contributed by atoms with Crippen molar-refractivity contribution in [2.45, 2.75) is 46.1 Å². The second-order valence-corrected chi connectivity index (χ2v) is 8.62. The summed E-state index contributed by atoms with van der Waals surface area (Å²) in [7, 11) is 0. The number of carbonyl (C=O) groups excluding carboxylic acids is 1. The lowest BCUT2D eigenvalue weighted by Gasteiger charge is -2.19. The Balaban J connectivity index is 1.81. The lowest BCUT2D eigenvalue weighted by Crippen LogP contribution is -2.25. The van der Waals surface area contributed by atoms with Gasteiger partial charge >= 0.3 is 0 Å². The SMILES string of the molecule is CCCCn1c(-c2ccc3c(c2)NC(=O)CO3)csc1=Nc1ccccc1C(C)C. The summed E-state index contributed by atoms with van der Waals surface area (Å²) in [5, 5.41) is 5.06. The van der Waals surface area contributed by atoms with Crippen LogP contribution in [-0.2, 0) is 11.3 Å². The Hall–Kier alpha value is -2.86. The van der Waals surface area contributed by atoms with Crippen LogP contribution in [0, 0.1) is 0 Å². The lowest BCUT2D eigenvalue weighted by atomic mass is 10.0. The quantitative estimate of drug-likeness (QED) is 0.555. The van der Waals surface area contributed by atoms with Crippen LogP contribution in [0.5, 0.6) is 5.75 Å². The van der Waals surface area contributed by atoms with Crippen LogP contribution in [0.3, 0.4) is 0 Å². The van der Waals surface area contributed by atoms with Crippen molar-refractivity contribution in [3.63, 3.8) is 0 Å². The molecular formula is C24H27N3O2S. The van der Waals surface area contributed by atoms with Gasteiger partial charge in [-0.1, -0.05) is 45.4 Å². The van der Waals surface area contributed by atoms with Crippen LogP contribution in [0.4, 0.5) is 11.4 Å². The van der Waals surface area contributed by atoms with Crippen molar-refractivity contribution in [3.05, 3.63) is 58.2 Å². The Labute approximate surface area is 181 Å². The molecule has 0 bridgehead atoms. The van der Waals surface area contributed by atoms with E-state index in [0.29, 0.717) is 11.7 Å². The third kappa shape index (κ3) is 4.19. The summed E-state index contributed by atoms with van der Waals surface area (Å²) < 4.78 is 7.80. The molecule has 3 aromatic rings. The molecule has 0 saturated carbocycles. The average Bonchev–Trinajstić information content (AvgIpc) is 3.14. The van der Waals surface area contributed by atoms with E-state index in [1.54, 1.807) is 11.3 Å². The Bertz CT molecular complexity index is 1130. The summed E-state index contributed by atoms with van der Waals surface area (Å²) in [6.07, 6.45) is 2.19. The van der Waals surface area contributed by atoms with E-state index in [4.69, 9.17) is 9.73 Å². The fourth-order valence-electron chi connectivity index (χ4n) is 3.60. The number of amides is 1. The summed E-state index contributed by atoms with van der Waals surface area (Å²) in [6.45, 7) is 7.56. The number of nitrogens with one attached hydrogen (secondary N) is 1. The van der Waals surface area contributed by atoms with Gasteiger partial charge in [-0.2, -0.15) is 0 Å². The third-order valence-corrected chi connectivity index (χ3v) is 6.08. The molecule has 2 aromatic carbocycles. The summed E-state index contributed by atoms with van der Waals surface area (Å²) in [4.78, 5) is 17.8. The van der Waals surface area contributed by atoms with Gasteiger partial charge in [-0.3, -0.25) is 4.79 Å². The van der Waals surface area contributed by atoms with Crippen LogP contribution >= 0.6 is 11.3 Å². The number of hydrogen-bond acceptors (Lipinski definition) is 4. The number of thiazole rings is 1. The van der Waals surface area contributed by atoms with Gasteiger partial charge in [-0.25, -0.2) is 4.99 Å². The monoisotopic (exact) mass is 421 g/mol. The van der Waals surface area contributed by atoms with Gasteiger partial charge in [0.15, 0.2) is 11.4 Å². The van der Waals surface area contributed by atoms with Crippen molar-refractivity contribution in [1.29, 1.82) is 0 Å². The molecule has 0 saturated heterocycles. The molecule has 0 atom stereocenters. The fourth-order valence-corrected chi connectivity index (χ4v) is 4.55. The Kier molecular flexibility index (Phi) is 6.04. The van der Waals surface area contributed by atoms with Crippen LogP contribution in [0.2, 0.25) is 0 Å². The first kappa shape index (κ1) is 20.4. The Morgan fingerprint density at radius 1 is 1.23 bits per heavy atom. The Morgan fingerprint density at radius 2 is 2.07 bits per heavy atom. The van der Waals surface area contributed by atoms with Crippen LogP contribution in [-0.4, -0.2) is 17.1 Å². The number of rotatable bonds is 6. The summed E-state index contributed by atoms with van der Waals surface area (Å²) in [5.41, 5.74) is 5.16. The van der Waals surface area contributed by atoms with Gasteiger partial charge in [0, 0.05) is 17.5 Å². The zero-order valence-corrected chi connectivity index (χ0v) is 18.5. The number of nitrogens with zero attached hydrogens (tertiary/aromatic N) is 2. The number of hydrogen-bond donors (Lipinski definition) is 1. The van der Waals surface area contributed by atoms with Gasteiger partial charge in [0.1, 0.15) is 5.75 Å². The molecule has 1 amide bonds.